The zero-order valence-corrected chi connectivity index (χ0v) is 14.3. The van der Waals surface area contributed by atoms with Gasteiger partial charge in [0.15, 0.2) is 0 Å². The Morgan fingerprint density at radius 3 is 2.24 bits per heavy atom. The van der Waals surface area contributed by atoms with Crippen LogP contribution in [-0.4, -0.2) is 25.3 Å². The SMILES string of the molecule is CCCCCC(O)c1cc(-c2ccccn2)nnc1-c1ccccn1. The summed E-state index contributed by atoms with van der Waals surface area (Å²) in [5.41, 5.74) is 3.50. The number of rotatable bonds is 7. The summed E-state index contributed by atoms with van der Waals surface area (Å²) in [4.78, 5) is 8.69. The Kier molecular flexibility index (Phi) is 5.80. The Labute approximate surface area is 147 Å². The van der Waals surface area contributed by atoms with Gasteiger partial charge in [-0.15, -0.1) is 10.2 Å². The molecule has 1 unspecified atom stereocenters. The second-order valence-electron chi connectivity index (χ2n) is 5.98. The fraction of sp³-hybridized carbons (Fsp3) is 0.300. The first-order chi connectivity index (χ1) is 12.3. The van der Waals surface area contributed by atoms with Crippen molar-refractivity contribution in [3.8, 4) is 22.8 Å². The van der Waals surface area contributed by atoms with Crippen LogP contribution in [0.2, 0.25) is 0 Å². The molecule has 0 aliphatic heterocycles. The van der Waals surface area contributed by atoms with Crippen molar-refractivity contribution in [2.24, 2.45) is 0 Å². The van der Waals surface area contributed by atoms with Crippen molar-refractivity contribution in [1.82, 2.24) is 20.2 Å². The molecule has 128 valence electrons. The van der Waals surface area contributed by atoms with Crippen molar-refractivity contribution >= 4 is 0 Å². The van der Waals surface area contributed by atoms with Crippen molar-refractivity contribution in [3.63, 3.8) is 0 Å². The zero-order chi connectivity index (χ0) is 17.5. The van der Waals surface area contributed by atoms with Crippen LogP contribution in [0.3, 0.4) is 0 Å². The van der Waals surface area contributed by atoms with E-state index in [1.54, 1.807) is 12.4 Å². The van der Waals surface area contributed by atoms with Crippen LogP contribution < -0.4 is 0 Å². The van der Waals surface area contributed by atoms with E-state index < -0.39 is 6.10 Å². The second kappa shape index (κ2) is 8.44. The van der Waals surface area contributed by atoms with E-state index in [0.717, 1.165) is 30.5 Å². The zero-order valence-electron chi connectivity index (χ0n) is 14.3. The van der Waals surface area contributed by atoms with Gasteiger partial charge < -0.3 is 5.11 Å². The minimum atomic E-state index is -0.596. The highest BCUT2D eigenvalue weighted by molar-refractivity contribution is 5.63. The van der Waals surface area contributed by atoms with Crippen LogP contribution in [0.1, 0.15) is 44.3 Å². The monoisotopic (exact) mass is 334 g/mol. The Hall–Kier alpha value is -2.66. The summed E-state index contributed by atoms with van der Waals surface area (Å²) >= 11 is 0. The molecule has 3 rings (SSSR count). The van der Waals surface area contributed by atoms with E-state index in [0.29, 0.717) is 23.5 Å². The first kappa shape index (κ1) is 17.2. The number of unbranched alkanes of at least 4 members (excludes halogenated alkanes) is 2. The molecular weight excluding hydrogens is 312 g/mol. The van der Waals surface area contributed by atoms with E-state index in [1.165, 1.54) is 0 Å². The Bertz CT molecular complexity index is 793. The van der Waals surface area contributed by atoms with E-state index in [9.17, 15) is 5.11 Å². The van der Waals surface area contributed by atoms with Crippen LogP contribution in [0, 0.1) is 0 Å². The molecule has 25 heavy (non-hydrogen) atoms. The van der Waals surface area contributed by atoms with Gasteiger partial charge in [0, 0.05) is 18.0 Å². The van der Waals surface area contributed by atoms with E-state index in [2.05, 4.69) is 27.1 Å². The Balaban J connectivity index is 2.00. The summed E-state index contributed by atoms with van der Waals surface area (Å²) in [7, 11) is 0. The van der Waals surface area contributed by atoms with Gasteiger partial charge in [0.25, 0.3) is 0 Å². The molecule has 0 spiro atoms. The molecule has 0 aromatic carbocycles. The number of hydrogen-bond acceptors (Lipinski definition) is 5. The highest BCUT2D eigenvalue weighted by atomic mass is 16.3. The van der Waals surface area contributed by atoms with E-state index >= 15 is 0 Å². The minimum Gasteiger partial charge on any atom is -0.388 e. The van der Waals surface area contributed by atoms with Crippen molar-refractivity contribution < 1.29 is 5.11 Å². The lowest BCUT2D eigenvalue weighted by molar-refractivity contribution is 0.163. The lowest BCUT2D eigenvalue weighted by Gasteiger charge is -2.15. The molecule has 5 heteroatoms. The number of pyridine rings is 2. The molecule has 3 aromatic rings. The summed E-state index contributed by atoms with van der Waals surface area (Å²) in [6.45, 7) is 2.15. The largest absolute Gasteiger partial charge is 0.388 e. The third kappa shape index (κ3) is 4.25. The fourth-order valence-corrected chi connectivity index (χ4v) is 2.74. The molecule has 0 aliphatic rings. The first-order valence-electron chi connectivity index (χ1n) is 8.68. The number of nitrogens with zero attached hydrogens (tertiary/aromatic N) is 4. The van der Waals surface area contributed by atoms with Gasteiger partial charge in [-0.25, -0.2) is 0 Å². The molecule has 3 heterocycles. The number of aliphatic hydroxyl groups excluding tert-OH is 1. The maximum Gasteiger partial charge on any atom is 0.117 e. The van der Waals surface area contributed by atoms with E-state index in [4.69, 9.17) is 0 Å². The summed E-state index contributed by atoms with van der Waals surface area (Å²) in [5, 5.41) is 19.4. The lowest BCUT2D eigenvalue weighted by atomic mass is 9.99. The second-order valence-corrected chi connectivity index (χ2v) is 5.98. The Morgan fingerprint density at radius 2 is 1.60 bits per heavy atom. The van der Waals surface area contributed by atoms with Crippen LogP contribution in [0.25, 0.3) is 22.8 Å². The molecule has 1 N–H and O–H groups in total. The van der Waals surface area contributed by atoms with Gasteiger partial charge in [-0.05, 0) is 36.8 Å². The smallest absolute Gasteiger partial charge is 0.117 e. The van der Waals surface area contributed by atoms with Gasteiger partial charge in [0.05, 0.1) is 17.5 Å². The number of aliphatic hydroxyl groups is 1. The van der Waals surface area contributed by atoms with Crippen molar-refractivity contribution in [2.75, 3.05) is 0 Å². The van der Waals surface area contributed by atoms with Gasteiger partial charge in [0.2, 0.25) is 0 Å². The molecule has 0 bridgehead atoms. The Morgan fingerprint density at radius 1 is 0.880 bits per heavy atom. The predicted octanol–water partition coefficient (Wildman–Crippen LogP) is 4.21. The maximum absolute atomic E-state index is 10.7. The molecule has 1 atom stereocenters. The molecule has 5 nitrogen and oxygen atoms in total. The van der Waals surface area contributed by atoms with Crippen molar-refractivity contribution in [2.45, 2.75) is 38.7 Å². The molecule has 0 fully saturated rings. The third-order valence-corrected chi connectivity index (χ3v) is 4.10. The summed E-state index contributed by atoms with van der Waals surface area (Å²) < 4.78 is 0. The highest BCUT2D eigenvalue weighted by Gasteiger charge is 2.18. The summed E-state index contributed by atoms with van der Waals surface area (Å²) in [5.74, 6) is 0. The molecule has 0 aliphatic carbocycles. The molecular formula is C20H22N4O. The van der Waals surface area contributed by atoms with Crippen molar-refractivity contribution in [3.05, 3.63) is 60.4 Å². The molecule has 0 radical (unpaired) electrons. The normalized spacial score (nSPS) is 12.1. The van der Waals surface area contributed by atoms with Gasteiger partial charge >= 0.3 is 0 Å². The van der Waals surface area contributed by atoms with Gasteiger partial charge in [0.1, 0.15) is 11.4 Å². The average molecular weight is 334 g/mol. The number of hydrogen-bond donors (Lipinski definition) is 1. The summed E-state index contributed by atoms with van der Waals surface area (Å²) in [6.07, 6.45) is 6.73. The molecule has 0 saturated heterocycles. The van der Waals surface area contributed by atoms with E-state index in [1.807, 2.05) is 42.5 Å². The summed E-state index contributed by atoms with van der Waals surface area (Å²) in [6, 6.07) is 13.2. The van der Waals surface area contributed by atoms with E-state index in [-0.39, 0.29) is 0 Å². The molecule has 3 aromatic heterocycles. The minimum absolute atomic E-state index is 0.596. The van der Waals surface area contributed by atoms with Gasteiger partial charge in [-0.1, -0.05) is 38.3 Å². The standard InChI is InChI=1S/C20H22N4O/c1-2-3-4-11-19(25)15-14-18(16-9-5-7-12-21-16)23-24-20(15)17-10-6-8-13-22-17/h5-10,12-14,19,25H,2-4,11H2,1H3. The van der Waals surface area contributed by atoms with Crippen LogP contribution in [0.15, 0.2) is 54.9 Å². The highest BCUT2D eigenvalue weighted by Crippen LogP contribution is 2.30. The molecule has 0 amide bonds. The van der Waals surface area contributed by atoms with Crippen molar-refractivity contribution in [1.29, 1.82) is 0 Å². The van der Waals surface area contributed by atoms with Gasteiger partial charge in [-0.2, -0.15) is 0 Å². The van der Waals surface area contributed by atoms with Crippen LogP contribution >= 0.6 is 0 Å². The lowest BCUT2D eigenvalue weighted by Crippen LogP contribution is -2.05. The number of aromatic nitrogens is 4. The maximum atomic E-state index is 10.7. The topological polar surface area (TPSA) is 71.8 Å². The average Bonchev–Trinajstić information content (AvgIpc) is 2.69. The first-order valence-corrected chi connectivity index (χ1v) is 8.68. The third-order valence-electron chi connectivity index (χ3n) is 4.10. The van der Waals surface area contributed by atoms with Crippen LogP contribution in [0.5, 0.6) is 0 Å². The van der Waals surface area contributed by atoms with Crippen LogP contribution in [0.4, 0.5) is 0 Å². The van der Waals surface area contributed by atoms with Crippen LogP contribution in [-0.2, 0) is 0 Å². The quantitative estimate of drug-likeness (QED) is 0.655. The molecule has 0 saturated carbocycles. The van der Waals surface area contributed by atoms with Gasteiger partial charge in [-0.3, -0.25) is 9.97 Å². The predicted molar refractivity (Wildman–Crippen MR) is 97.6 cm³/mol. The fourth-order valence-electron chi connectivity index (χ4n) is 2.74.